The average molecular weight is 277 g/mol. The van der Waals surface area contributed by atoms with Gasteiger partial charge in [-0.3, -0.25) is 9.59 Å². The van der Waals surface area contributed by atoms with E-state index in [1.54, 1.807) is 4.90 Å². The smallest absolute Gasteiger partial charge is 0.325 e. The van der Waals surface area contributed by atoms with E-state index in [1.165, 1.54) is 12.7 Å². The minimum absolute atomic E-state index is 0.00123. The first kappa shape index (κ1) is 16.2. The van der Waals surface area contributed by atoms with Crippen LogP contribution in [0.15, 0.2) is 30.3 Å². The van der Waals surface area contributed by atoms with Gasteiger partial charge in [0.25, 0.3) is 0 Å². The second-order valence-electron chi connectivity index (χ2n) is 5.03. The molecule has 0 aliphatic heterocycles. The van der Waals surface area contributed by atoms with Crippen molar-refractivity contribution in [3.63, 3.8) is 0 Å². The van der Waals surface area contributed by atoms with Gasteiger partial charge in [0, 0.05) is 12.5 Å². The van der Waals surface area contributed by atoms with Crippen LogP contribution in [0, 0.1) is 0 Å². The molecule has 1 aromatic rings. The number of carbonyl (C=O) groups excluding carboxylic acids is 2. The van der Waals surface area contributed by atoms with Gasteiger partial charge in [0.2, 0.25) is 5.91 Å². The summed E-state index contributed by atoms with van der Waals surface area (Å²) in [6.45, 7) is 3.83. The fourth-order valence-electron chi connectivity index (χ4n) is 1.99. The number of esters is 1. The van der Waals surface area contributed by atoms with E-state index in [2.05, 4.69) is 16.9 Å². The molecule has 0 bridgehead atoms. The predicted molar refractivity (Wildman–Crippen MR) is 78.2 cm³/mol. The molecule has 20 heavy (non-hydrogen) atoms. The average Bonchev–Trinajstić information content (AvgIpc) is 2.45. The van der Waals surface area contributed by atoms with Crippen LogP contribution in [-0.2, 0) is 20.7 Å². The summed E-state index contributed by atoms with van der Waals surface area (Å²) in [4.78, 5) is 25.0. The maximum Gasteiger partial charge on any atom is 0.325 e. The Bertz CT molecular complexity index is 429. The molecule has 1 aromatic carbocycles. The highest BCUT2D eigenvalue weighted by molar-refractivity contribution is 5.82. The first-order valence-electron chi connectivity index (χ1n) is 6.94. The lowest BCUT2D eigenvalue weighted by atomic mass is 10.1. The number of amides is 1. The largest absolute Gasteiger partial charge is 0.468 e. The summed E-state index contributed by atoms with van der Waals surface area (Å²) < 4.78 is 4.62. The van der Waals surface area contributed by atoms with Crippen LogP contribution in [0.1, 0.15) is 32.3 Å². The van der Waals surface area contributed by atoms with E-state index in [-0.39, 0.29) is 24.5 Å². The normalized spacial score (nSPS) is 10.4. The highest BCUT2D eigenvalue weighted by Crippen LogP contribution is 2.08. The number of hydrogen-bond acceptors (Lipinski definition) is 3. The molecular formula is C16H23NO3. The lowest BCUT2D eigenvalue weighted by Crippen LogP contribution is -2.41. The Morgan fingerprint density at radius 2 is 1.85 bits per heavy atom. The van der Waals surface area contributed by atoms with Crippen molar-refractivity contribution >= 4 is 11.9 Å². The van der Waals surface area contributed by atoms with Crippen molar-refractivity contribution in [3.05, 3.63) is 35.9 Å². The van der Waals surface area contributed by atoms with Gasteiger partial charge < -0.3 is 9.64 Å². The summed E-state index contributed by atoms with van der Waals surface area (Å²) >= 11 is 0. The van der Waals surface area contributed by atoms with E-state index in [0.717, 1.165) is 12.8 Å². The van der Waals surface area contributed by atoms with Crippen molar-refractivity contribution in [2.24, 2.45) is 0 Å². The van der Waals surface area contributed by atoms with Crippen LogP contribution in [0.2, 0.25) is 0 Å². The number of rotatable bonds is 7. The fourth-order valence-corrected chi connectivity index (χ4v) is 1.99. The molecule has 1 rings (SSSR count). The van der Waals surface area contributed by atoms with E-state index < -0.39 is 0 Å². The molecular weight excluding hydrogens is 254 g/mol. The lowest BCUT2D eigenvalue weighted by Gasteiger charge is -2.25. The molecule has 110 valence electrons. The van der Waals surface area contributed by atoms with Gasteiger partial charge in [0.05, 0.1) is 7.11 Å². The molecule has 0 spiro atoms. The molecule has 0 aromatic heterocycles. The molecule has 4 heteroatoms. The van der Waals surface area contributed by atoms with Gasteiger partial charge in [-0.2, -0.15) is 0 Å². The predicted octanol–water partition coefficient (Wildman–Crippen LogP) is 2.42. The maximum atomic E-state index is 12.1. The number of nitrogens with zero attached hydrogens (tertiary/aromatic N) is 1. The summed E-state index contributed by atoms with van der Waals surface area (Å²) in [5.41, 5.74) is 1.23. The summed E-state index contributed by atoms with van der Waals surface area (Å²) in [6.07, 6.45) is 2.11. The highest BCUT2D eigenvalue weighted by atomic mass is 16.5. The Labute approximate surface area is 120 Å². The number of benzene rings is 1. The molecule has 0 aliphatic carbocycles. The Balaban J connectivity index is 2.44. The minimum Gasteiger partial charge on any atom is -0.468 e. The number of ether oxygens (including phenoxy) is 1. The van der Waals surface area contributed by atoms with Crippen LogP contribution >= 0.6 is 0 Å². The van der Waals surface area contributed by atoms with Gasteiger partial charge >= 0.3 is 5.97 Å². The van der Waals surface area contributed by atoms with E-state index >= 15 is 0 Å². The van der Waals surface area contributed by atoms with Gasteiger partial charge in [0.1, 0.15) is 6.54 Å². The molecule has 0 unspecified atom stereocenters. The Hall–Kier alpha value is -1.84. The van der Waals surface area contributed by atoms with Crippen molar-refractivity contribution in [1.29, 1.82) is 0 Å². The molecule has 0 atom stereocenters. The summed E-state index contributed by atoms with van der Waals surface area (Å²) in [7, 11) is 1.33. The summed E-state index contributed by atoms with van der Waals surface area (Å²) in [5, 5.41) is 0. The molecule has 0 aliphatic rings. The Morgan fingerprint density at radius 1 is 1.20 bits per heavy atom. The third-order valence-electron chi connectivity index (χ3n) is 3.17. The van der Waals surface area contributed by atoms with Gasteiger partial charge in [-0.15, -0.1) is 0 Å². The van der Waals surface area contributed by atoms with Crippen LogP contribution in [0.5, 0.6) is 0 Å². The van der Waals surface area contributed by atoms with E-state index in [0.29, 0.717) is 6.42 Å². The molecule has 0 saturated heterocycles. The number of aryl methyl sites for hydroxylation is 1. The minimum atomic E-state index is -0.380. The van der Waals surface area contributed by atoms with Crippen LogP contribution < -0.4 is 0 Å². The van der Waals surface area contributed by atoms with Crippen molar-refractivity contribution in [3.8, 4) is 0 Å². The third-order valence-corrected chi connectivity index (χ3v) is 3.17. The van der Waals surface area contributed by atoms with E-state index in [1.807, 2.05) is 32.0 Å². The van der Waals surface area contributed by atoms with E-state index in [9.17, 15) is 9.59 Å². The van der Waals surface area contributed by atoms with Crippen molar-refractivity contribution in [1.82, 2.24) is 4.90 Å². The zero-order chi connectivity index (χ0) is 15.0. The standard InChI is InChI=1S/C16H23NO3/c1-13(2)17(12-16(19)20-3)15(18)11-7-10-14-8-5-4-6-9-14/h4-6,8-9,13H,7,10-12H2,1-3H3. The Kier molecular flexibility index (Phi) is 6.77. The molecule has 0 saturated carbocycles. The maximum absolute atomic E-state index is 12.1. The lowest BCUT2D eigenvalue weighted by molar-refractivity contribution is -0.148. The molecule has 0 radical (unpaired) electrons. The molecule has 0 heterocycles. The zero-order valence-corrected chi connectivity index (χ0v) is 12.5. The summed E-state index contributed by atoms with van der Waals surface area (Å²) in [5.74, 6) is -0.378. The molecule has 0 fully saturated rings. The Morgan fingerprint density at radius 3 is 2.40 bits per heavy atom. The highest BCUT2D eigenvalue weighted by Gasteiger charge is 2.19. The SMILES string of the molecule is COC(=O)CN(C(=O)CCCc1ccccc1)C(C)C. The number of hydrogen-bond donors (Lipinski definition) is 0. The van der Waals surface area contributed by atoms with Crippen LogP contribution in [0.3, 0.4) is 0 Å². The molecule has 1 amide bonds. The second kappa shape index (κ2) is 8.35. The van der Waals surface area contributed by atoms with Gasteiger partial charge in [-0.1, -0.05) is 30.3 Å². The number of carbonyl (C=O) groups is 2. The van der Waals surface area contributed by atoms with Crippen molar-refractivity contribution in [2.75, 3.05) is 13.7 Å². The number of methoxy groups -OCH3 is 1. The monoisotopic (exact) mass is 277 g/mol. The van der Waals surface area contributed by atoms with Crippen LogP contribution in [0.4, 0.5) is 0 Å². The first-order chi connectivity index (χ1) is 9.54. The van der Waals surface area contributed by atoms with Crippen molar-refractivity contribution < 1.29 is 14.3 Å². The van der Waals surface area contributed by atoms with Crippen LogP contribution in [0.25, 0.3) is 0 Å². The fraction of sp³-hybridized carbons (Fsp3) is 0.500. The second-order valence-corrected chi connectivity index (χ2v) is 5.03. The van der Waals surface area contributed by atoms with Gasteiger partial charge in [0.15, 0.2) is 0 Å². The molecule has 0 N–H and O–H groups in total. The van der Waals surface area contributed by atoms with Gasteiger partial charge in [-0.05, 0) is 32.3 Å². The summed E-state index contributed by atoms with van der Waals surface area (Å²) in [6, 6.07) is 10.1. The first-order valence-corrected chi connectivity index (χ1v) is 6.94. The topological polar surface area (TPSA) is 46.6 Å². The van der Waals surface area contributed by atoms with Gasteiger partial charge in [-0.25, -0.2) is 0 Å². The van der Waals surface area contributed by atoms with Crippen LogP contribution in [-0.4, -0.2) is 36.5 Å². The van der Waals surface area contributed by atoms with Crippen molar-refractivity contribution in [2.45, 2.75) is 39.2 Å². The van der Waals surface area contributed by atoms with E-state index in [4.69, 9.17) is 0 Å². The zero-order valence-electron chi connectivity index (χ0n) is 12.5. The quantitative estimate of drug-likeness (QED) is 0.719. The third kappa shape index (κ3) is 5.43. The molecule has 4 nitrogen and oxygen atoms in total.